The number of hydrogen-bond donors (Lipinski definition) is 1. The van der Waals surface area contributed by atoms with Gasteiger partial charge < -0.3 is 5.32 Å². The van der Waals surface area contributed by atoms with Crippen LogP contribution in [-0.4, -0.2) is 36.5 Å². The van der Waals surface area contributed by atoms with Gasteiger partial charge in [-0.3, -0.25) is 9.69 Å². The van der Waals surface area contributed by atoms with Gasteiger partial charge in [-0.25, -0.2) is 0 Å². The van der Waals surface area contributed by atoms with E-state index in [1.54, 1.807) is 0 Å². The SMILES string of the molecule is CC(C)C(C)NC(=O)CN1CCCC(C#N)C1. The molecular weight excluding hydrogens is 214 g/mol. The van der Waals surface area contributed by atoms with Gasteiger partial charge in [0.2, 0.25) is 5.91 Å². The smallest absolute Gasteiger partial charge is 0.234 e. The molecule has 2 atom stereocenters. The Hall–Kier alpha value is -1.08. The molecule has 1 saturated heterocycles. The first-order valence-electron chi connectivity index (χ1n) is 6.44. The van der Waals surface area contributed by atoms with Crippen molar-refractivity contribution in [3.8, 4) is 6.07 Å². The molecule has 1 aliphatic heterocycles. The van der Waals surface area contributed by atoms with Gasteiger partial charge in [0.15, 0.2) is 0 Å². The molecule has 2 unspecified atom stereocenters. The van der Waals surface area contributed by atoms with Gasteiger partial charge in [-0.1, -0.05) is 13.8 Å². The lowest BCUT2D eigenvalue weighted by Gasteiger charge is -2.29. The average molecular weight is 237 g/mol. The minimum absolute atomic E-state index is 0.0739. The van der Waals surface area contributed by atoms with Crippen LogP contribution < -0.4 is 5.32 Å². The monoisotopic (exact) mass is 237 g/mol. The normalized spacial score (nSPS) is 23.1. The van der Waals surface area contributed by atoms with Crippen molar-refractivity contribution < 1.29 is 4.79 Å². The fraction of sp³-hybridized carbons (Fsp3) is 0.846. The molecule has 0 aromatic carbocycles. The number of likely N-dealkylation sites (tertiary alicyclic amines) is 1. The summed E-state index contributed by atoms with van der Waals surface area (Å²) < 4.78 is 0. The highest BCUT2D eigenvalue weighted by Gasteiger charge is 2.21. The molecule has 4 heteroatoms. The Bertz CT molecular complexity index is 296. The number of carbonyl (C=O) groups excluding carboxylic acids is 1. The Morgan fingerprint density at radius 2 is 2.24 bits per heavy atom. The van der Waals surface area contributed by atoms with Crippen LogP contribution in [0.3, 0.4) is 0 Å². The zero-order valence-electron chi connectivity index (χ0n) is 11.1. The summed E-state index contributed by atoms with van der Waals surface area (Å²) in [6, 6.07) is 2.50. The van der Waals surface area contributed by atoms with Crippen LogP contribution >= 0.6 is 0 Å². The molecule has 1 N–H and O–H groups in total. The predicted molar refractivity (Wildman–Crippen MR) is 67.2 cm³/mol. The molecule has 0 aromatic heterocycles. The molecule has 1 fully saturated rings. The van der Waals surface area contributed by atoms with E-state index in [4.69, 9.17) is 5.26 Å². The Morgan fingerprint density at radius 3 is 2.82 bits per heavy atom. The van der Waals surface area contributed by atoms with Crippen LogP contribution in [0.1, 0.15) is 33.6 Å². The maximum absolute atomic E-state index is 11.8. The summed E-state index contributed by atoms with van der Waals surface area (Å²) in [6.07, 6.45) is 1.99. The zero-order valence-corrected chi connectivity index (χ0v) is 11.1. The zero-order chi connectivity index (χ0) is 12.8. The Kier molecular flexibility index (Phi) is 5.43. The lowest BCUT2D eigenvalue weighted by Crippen LogP contribution is -2.45. The van der Waals surface area contributed by atoms with Gasteiger partial charge in [-0.05, 0) is 32.2 Å². The molecule has 0 aromatic rings. The van der Waals surface area contributed by atoms with E-state index in [0.29, 0.717) is 12.5 Å². The third-order valence-electron chi connectivity index (χ3n) is 3.44. The number of nitriles is 1. The first-order valence-corrected chi connectivity index (χ1v) is 6.44. The Balaban J connectivity index is 2.33. The maximum Gasteiger partial charge on any atom is 0.234 e. The molecule has 1 rings (SSSR count). The molecule has 0 aliphatic carbocycles. The van der Waals surface area contributed by atoms with Crippen molar-refractivity contribution in [3.63, 3.8) is 0 Å². The van der Waals surface area contributed by atoms with Gasteiger partial charge in [0.05, 0.1) is 18.5 Å². The van der Waals surface area contributed by atoms with Gasteiger partial charge in [-0.2, -0.15) is 5.26 Å². The summed E-state index contributed by atoms with van der Waals surface area (Å²) in [6.45, 7) is 8.31. The summed E-state index contributed by atoms with van der Waals surface area (Å²) in [5.74, 6) is 0.621. The summed E-state index contributed by atoms with van der Waals surface area (Å²) in [7, 11) is 0. The number of nitrogens with zero attached hydrogens (tertiary/aromatic N) is 2. The Morgan fingerprint density at radius 1 is 1.53 bits per heavy atom. The second-order valence-electron chi connectivity index (χ2n) is 5.30. The molecule has 0 spiro atoms. The minimum atomic E-state index is 0.0739. The quantitative estimate of drug-likeness (QED) is 0.803. The Labute approximate surface area is 104 Å². The van der Waals surface area contributed by atoms with Crippen LogP contribution in [-0.2, 0) is 4.79 Å². The largest absolute Gasteiger partial charge is 0.352 e. The van der Waals surface area contributed by atoms with Crippen molar-refractivity contribution in [1.29, 1.82) is 5.26 Å². The molecular formula is C13H23N3O. The van der Waals surface area contributed by atoms with Crippen molar-refractivity contribution in [2.24, 2.45) is 11.8 Å². The summed E-state index contributed by atoms with van der Waals surface area (Å²) in [4.78, 5) is 13.9. The van der Waals surface area contributed by atoms with Crippen LogP contribution in [0.4, 0.5) is 0 Å². The number of nitrogens with one attached hydrogen (secondary N) is 1. The summed E-state index contributed by atoms with van der Waals surface area (Å²) >= 11 is 0. The lowest BCUT2D eigenvalue weighted by molar-refractivity contribution is -0.123. The molecule has 1 heterocycles. The topological polar surface area (TPSA) is 56.1 Å². The third kappa shape index (κ3) is 4.74. The highest BCUT2D eigenvalue weighted by Crippen LogP contribution is 2.14. The maximum atomic E-state index is 11.8. The number of carbonyl (C=O) groups is 1. The van der Waals surface area contributed by atoms with Crippen molar-refractivity contribution in [3.05, 3.63) is 0 Å². The fourth-order valence-corrected chi connectivity index (χ4v) is 1.97. The minimum Gasteiger partial charge on any atom is -0.352 e. The first-order chi connectivity index (χ1) is 8.02. The highest BCUT2D eigenvalue weighted by atomic mass is 16.2. The molecule has 0 bridgehead atoms. The van der Waals surface area contributed by atoms with E-state index in [-0.39, 0.29) is 17.9 Å². The van der Waals surface area contributed by atoms with Crippen molar-refractivity contribution in [2.75, 3.05) is 19.6 Å². The standard InChI is InChI=1S/C13H23N3O/c1-10(2)11(3)15-13(17)9-16-6-4-5-12(7-14)8-16/h10-12H,4-6,8-9H2,1-3H3,(H,15,17). The third-order valence-corrected chi connectivity index (χ3v) is 3.44. The average Bonchev–Trinajstić information content (AvgIpc) is 2.28. The van der Waals surface area contributed by atoms with Crippen molar-refractivity contribution >= 4 is 5.91 Å². The molecule has 0 radical (unpaired) electrons. The summed E-state index contributed by atoms with van der Waals surface area (Å²) in [5.41, 5.74) is 0. The second-order valence-corrected chi connectivity index (χ2v) is 5.30. The van der Waals surface area contributed by atoms with Gasteiger partial charge in [0.1, 0.15) is 0 Å². The van der Waals surface area contributed by atoms with E-state index in [9.17, 15) is 4.79 Å². The van der Waals surface area contributed by atoms with Crippen molar-refractivity contribution in [2.45, 2.75) is 39.7 Å². The molecule has 96 valence electrons. The van der Waals surface area contributed by atoms with Gasteiger partial charge in [0, 0.05) is 12.6 Å². The molecule has 1 aliphatic rings. The van der Waals surface area contributed by atoms with E-state index >= 15 is 0 Å². The number of rotatable bonds is 4. The highest BCUT2D eigenvalue weighted by molar-refractivity contribution is 5.78. The number of amides is 1. The molecule has 17 heavy (non-hydrogen) atoms. The lowest BCUT2D eigenvalue weighted by atomic mass is 10.00. The predicted octanol–water partition coefficient (Wildman–Crippen LogP) is 1.38. The molecule has 1 amide bonds. The second kappa shape index (κ2) is 6.61. The molecule has 4 nitrogen and oxygen atoms in total. The van der Waals surface area contributed by atoms with Gasteiger partial charge >= 0.3 is 0 Å². The van der Waals surface area contributed by atoms with Crippen LogP contribution in [0.15, 0.2) is 0 Å². The van der Waals surface area contributed by atoms with Crippen LogP contribution in [0.2, 0.25) is 0 Å². The summed E-state index contributed by atoms with van der Waals surface area (Å²) in [5, 5.41) is 11.9. The molecule has 0 saturated carbocycles. The van der Waals surface area contributed by atoms with Crippen LogP contribution in [0, 0.1) is 23.2 Å². The van der Waals surface area contributed by atoms with Gasteiger partial charge in [0.25, 0.3) is 0 Å². The van der Waals surface area contributed by atoms with E-state index in [1.807, 2.05) is 6.92 Å². The van der Waals surface area contributed by atoms with Crippen LogP contribution in [0.5, 0.6) is 0 Å². The van der Waals surface area contributed by atoms with Gasteiger partial charge in [-0.15, -0.1) is 0 Å². The van der Waals surface area contributed by atoms with E-state index in [1.165, 1.54) is 0 Å². The number of piperidine rings is 1. The van der Waals surface area contributed by atoms with Crippen LogP contribution in [0.25, 0.3) is 0 Å². The first kappa shape index (κ1) is 14.0. The van der Waals surface area contributed by atoms with E-state index in [0.717, 1.165) is 25.9 Å². The number of hydrogen-bond acceptors (Lipinski definition) is 3. The van der Waals surface area contributed by atoms with E-state index in [2.05, 4.69) is 30.1 Å². The fourth-order valence-electron chi connectivity index (χ4n) is 1.97. The van der Waals surface area contributed by atoms with E-state index < -0.39 is 0 Å². The van der Waals surface area contributed by atoms with Crippen molar-refractivity contribution in [1.82, 2.24) is 10.2 Å².